The first kappa shape index (κ1) is 21.8. The highest BCUT2D eigenvalue weighted by atomic mass is 16.6. The lowest BCUT2D eigenvalue weighted by Crippen LogP contribution is -2.57. The molecule has 4 rings (SSSR count). The normalized spacial score (nSPS) is 47.6. The number of esters is 2. The van der Waals surface area contributed by atoms with E-state index in [9.17, 15) is 14.4 Å². The summed E-state index contributed by atoms with van der Waals surface area (Å²) in [7, 11) is 0. The summed E-state index contributed by atoms with van der Waals surface area (Å²) in [6.07, 6.45) is 7.08. The summed E-state index contributed by atoms with van der Waals surface area (Å²) in [5.41, 5.74) is 0.217. The van der Waals surface area contributed by atoms with Gasteiger partial charge in [-0.15, -0.1) is 0 Å². The van der Waals surface area contributed by atoms with Crippen LogP contribution in [0.25, 0.3) is 0 Å². The molecule has 4 fully saturated rings. The zero-order valence-corrected chi connectivity index (χ0v) is 19.2. The van der Waals surface area contributed by atoms with Gasteiger partial charge in [-0.05, 0) is 79.4 Å². The average molecular weight is 419 g/mol. The van der Waals surface area contributed by atoms with Gasteiger partial charge in [0.05, 0.1) is 0 Å². The van der Waals surface area contributed by atoms with Crippen molar-refractivity contribution >= 4 is 17.7 Å². The van der Waals surface area contributed by atoms with Gasteiger partial charge in [0.25, 0.3) is 0 Å². The van der Waals surface area contributed by atoms with Gasteiger partial charge in [0.15, 0.2) is 0 Å². The van der Waals surface area contributed by atoms with Gasteiger partial charge in [-0.25, -0.2) is 0 Å². The molecule has 4 aliphatic carbocycles. The maximum Gasteiger partial charge on any atom is 0.303 e. The van der Waals surface area contributed by atoms with E-state index in [0.717, 1.165) is 44.9 Å². The number of ketones is 1. The third-order valence-electron chi connectivity index (χ3n) is 9.72. The molecule has 168 valence electrons. The minimum Gasteiger partial charge on any atom is -0.459 e. The quantitative estimate of drug-likeness (QED) is 0.621. The van der Waals surface area contributed by atoms with E-state index in [1.807, 2.05) is 0 Å². The minimum absolute atomic E-state index is 0.0639. The van der Waals surface area contributed by atoms with Crippen LogP contribution in [-0.4, -0.2) is 29.9 Å². The number of hydrogen-bond donors (Lipinski definition) is 0. The number of ether oxygens (including phenoxy) is 2. The van der Waals surface area contributed by atoms with Crippen molar-refractivity contribution in [2.24, 2.45) is 40.4 Å². The molecule has 0 aromatic heterocycles. The predicted molar refractivity (Wildman–Crippen MR) is 112 cm³/mol. The lowest BCUT2D eigenvalue weighted by Gasteiger charge is -2.61. The monoisotopic (exact) mass is 418 g/mol. The van der Waals surface area contributed by atoms with Crippen LogP contribution in [0.5, 0.6) is 0 Å². The van der Waals surface area contributed by atoms with Crippen LogP contribution in [0, 0.1) is 40.4 Å². The summed E-state index contributed by atoms with van der Waals surface area (Å²) in [6, 6.07) is 0. The Bertz CT molecular complexity index is 731. The zero-order chi connectivity index (χ0) is 21.8. The van der Waals surface area contributed by atoms with Gasteiger partial charge in [0, 0.05) is 26.2 Å². The van der Waals surface area contributed by atoms with Crippen molar-refractivity contribution in [3.8, 4) is 0 Å². The molecule has 4 saturated carbocycles. The highest BCUT2D eigenvalue weighted by Gasteiger charge is 2.63. The molecule has 9 atom stereocenters. The molecule has 0 bridgehead atoms. The molecule has 0 N–H and O–H groups in total. The summed E-state index contributed by atoms with van der Waals surface area (Å²) in [5, 5.41) is 0. The van der Waals surface area contributed by atoms with Crippen molar-refractivity contribution in [2.75, 3.05) is 0 Å². The van der Waals surface area contributed by atoms with E-state index in [0.29, 0.717) is 29.5 Å². The Hall–Kier alpha value is -1.39. The second-order valence-corrected chi connectivity index (χ2v) is 11.1. The average Bonchev–Trinajstić information content (AvgIpc) is 2.91. The molecule has 5 heteroatoms. The van der Waals surface area contributed by atoms with E-state index in [4.69, 9.17) is 9.47 Å². The summed E-state index contributed by atoms with van der Waals surface area (Å²) in [5.74, 6) is 2.18. The summed E-state index contributed by atoms with van der Waals surface area (Å²) in [6.45, 7) is 9.79. The van der Waals surface area contributed by atoms with E-state index in [1.165, 1.54) is 20.3 Å². The first-order chi connectivity index (χ1) is 14.1. The van der Waals surface area contributed by atoms with Crippen LogP contribution >= 0.6 is 0 Å². The van der Waals surface area contributed by atoms with Gasteiger partial charge >= 0.3 is 11.9 Å². The molecule has 0 amide bonds. The molecular weight excluding hydrogens is 380 g/mol. The molecule has 0 radical (unpaired) electrons. The van der Waals surface area contributed by atoms with Crippen LogP contribution in [0.2, 0.25) is 0 Å². The molecule has 0 aromatic carbocycles. The molecule has 4 aliphatic rings. The van der Waals surface area contributed by atoms with Crippen molar-refractivity contribution < 1.29 is 23.9 Å². The van der Waals surface area contributed by atoms with Gasteiger partial charge in [0.2, 0.25) is 0 Å². The molecule has 0 saturated heterocycles. The number of carbonyl (C=O) groups excluding carboxylic acids is 3. The largest absolute Gasteiger partial charge is 0.459 e. The number of hydrogen-bond acceptors (Lipinski definition) is 5. The van der Waals surface area contributed by atoms with Gasteiger partial charge in [-0.1, -0.05) is 20.8 Å². The topological polar surface area (TPSA) is 69.7 Å². The number of Topliss-reactive ketones (excluding diaryl/α,β-unsaturated/α-hetero) is 1. The second-order valence-electron chi connectivity index (χ2n) is 11.1. The van der Waals surface area contributed by atoms with Gasteiger partial charge in [-0.3, -0.25) is 14.4 Å². The lowest BCUT2D eigenvalue weighted by atomic mass is 9.44. The van der Waals surface area contributed by atoms with Crippen LogP contribution < -0.4 is 0 Å². The fourth-order valence-electron chi connectivity index (χ4n) is 8.49. The van der Waals surface area contributed by atoms with E-state index in [2.05, 4.69) is 20.8 Å². The smallest absolute Gasteiger partial charge is 0.303 e. The summed E-state index contributed by atoms with van der Waals surface area (Å²) >= 11 is 0. The van der Waals surface area contributed by atoms with Crippen molar-refractivity contribution in [2.45, 2.75) is 98.2 Å². The highest BCUT2D eigenvalue weighted by molar-refractivity contribution is 5.84. The van der Waals surface area contributed by atoms with Crippen molar-refractivity contribution in [3.05, 3.63) is 0 Å². The van der Waals surface area contributed by atoms with Crippen molar-refractivity contribution in [3.63, 3.8) is 0 Å². The molecule has 5 nitrogen and oxygen atoms in total. The minimum atomic E-state index is -0.367. The summed E-state index contributed by atoms with van der Waals surface area (Å²) < 4.78 is 11.3. The number of rotatable bonds is 3. The van der Waals surface area contributed by atoms with E-state index in [1.54, 1.807) is 0 Å². The molecule has 30 heavy (non-hydrogen) atoms. The highest BCUT2D eigenvalue weighted by Crippen LogP contribution is 2.67. The predicted octanol–water partition coefficient (Wildman–Crippen LogP) is 4.71. The summed E-state index contributed by atoms with van der Waals surface area (Å²) in [4.78, 5) is 36.3. The molecule has 0 unspecified atom stereocenters. The van der Waals surface area contributed by atoms with Crippen LogP contribution in [0.4, 0.5) is 0 Å². The Kier molecular flexibility index (Phi) is 5.55. The zero-order valence-electron chi connectivity index (χ0n) is 19.2. The lowest BCUT2D eigenvalue weighted by molar-refractivity contribution is -0.195. The Balaban J connectivity index is 1.61. The fraction of sp³-hybridized carbons (Fsp3) is 0.880. The van der Waals surface area contributed by atoms with Gasteiger partial charge in [-0.2, -0.15) is 0 Å². The van der Waals surface area contributed by atoms with Crippen molar-refractivity contribution in [1.29, 1.82) is 0 Å². The van der Waals surface area contributed by atoms with Crippen LogP contribution in [-0.2, 0) is 23.9 Å². The Morgan fingerprint density at radius 2 is 1.63 bits per heavy atom. The second kappa shape index (κ2) is 7.63. The van der Waals surface area contributed by atoms with Gasteiger partial charge in [0.1, 0.15) is 18.0 Å². The first-order valence-corrected chi connectivity index (χ1v) is 12.0. The maximum atomic E-state index is 12.8. The Morgan fingerprint density at radius 3 is 2.27 bits per heavy atom. The fourth-order valence-corrected chi connectivity index (χ4v) is 8.49. The number of fused-ring (bicyclic) bond motifs is 5. The SMILES string of the molecule is CC[C@H]1C(=O)C[C@H]2[C@@H]3CC[C@H]4C[C@@H](OC(C)=O)[C@@H](OC(C)=O)C[C@]4(C)[C@H]3CC[C@]12C. The Morgan fingerprint density at radius 1 is 0.967 bits per heavy atom. The Labute approximate surface area is 180 Å². The van der Waals surface area contributed by atoms with Crippen LogP contribution in [0.15, 0.2) is 0 Å². The molecule has 0 spiro atoms. The third-order valence-corrected chi connectivity index (χ3v) is 9.72. The van der Waals surface area contributed by atoms with Crippen molar-refractivity contribution in [1.82, 2.24) is 0 Å². The third kappa shape index (κ3) is 3.31. The first-order valence-electron chi connectivity index (χ1n) is 12.0. The standard InChI is InChI=1S/C25H38O5/c1-6-18-21(28)12-20-17-8-7-16-11-22(29-14(2)26)23(30-15(3)27)13-25(16,5)19(17)9-10-24(18,20)4/h16-20,22-23H,6-13H2,1-5H3/t16-,17+,18-,19-,20-,22+,23-,24+,25-/m0/s1. The van der Waals surface area contributed by atoms with Gasteiger partial charge < -0.3 is 9.47 Å². The van der Waals surface area contributed by atoms with Crippen LogP contribution in [0.1, 0.15) is 86.0 Å². The van der Waals surface area contributed by atoms with E-state index in [-0.39, 0.29) is 40.9 Å². The van der Waals surface area contributed by atoms with E-state index < -0.39 is 0 Å². The maximum absolute atomic E-state index is 12.8. The molecular formula is C25H38O5. The number of carbonyl (C=O) groups is 3. The van der Waals surface area contributed by atoms with E-state index >= 15 is 0 Å². The molecule has 0 aromatic rings. The van der Waals surface area contributed by atoms with Crippen LogP contribution in [0.3, 0.4) is 0 Å². The molecule has 0 heterocycles. The molecule has 0 aliphatic heterocycles.